The summed E-state index contributed by atoms with van der Waals surface area (Å²) in [5.41, 5.74) is 0. The number of piperidine rings is 1. The zero-order valence-electron chi connectivity index (χ0n) is 13.8. The molecule has 2 N–H and O–H groups in total. The van der Waals surface area contributed by atoms with E-state index in [0.717, 1.165) is 58.7 Å². The second-order valence-corrected chi connectivity index (χ2v) is 6.30. The summed E-state index contributed by atoms with van der Waals surface area (Å²) < 4.78 is 0. The lowest BCUT2D eigenvalue weighted by Gasteiger charge is -2.34. The molecule has 7 nitrogen and oxygen atoms in total. The number of carbonyl (C=O) groups excluding carboxylic acids is 2. The number of rotatable bonds is 4. The average molecular weight is 311 g/mol. The van der Waals surface area contributed by atoms with Crippen LogP contribution in [-0.4, -0.2) is 99.0 Å². The van der Waals surface area contributed by atoms with Gasteiger partial charge in [0.2, 0.25) is 0 Å². The molecule has 0 atom stereocenters. The van der Waals surface area contributed by atoms with Gasteiger partial charge in [0.1, 0.15) is 0 Å². The molecule has 0 aromatic rings. The fourth-order valence-corrected chi connectivity index (χ4v) is 3.05. The standard InChI is InChI=1S/C15H29N5O2/c1-18-8-3-13(4-9-18)19(2)15(22)14(21)17-7-12-20-10-5-16-6-11-20/h13,16H,3-12H2,1-2H3,(H,17,21). The molecule has 0 unspecified atom stereocenters. The summed E-state index contributed by atoms with van der Waals surface area (Å²) in [6.45, 7) is 7.28. The molecule has 7 heteroatoms. The van der Waals surface area contributed by atoms with E-state index in [1.54, 1.807) is 11.9 Å². The summed E-state index contributed by atoms with van der Waals surface area (Å²) in [6.07, 6.45) is 1.87. The Morgan fingerprint density at radius 1 is 1.18 bits per heavy atom. The Morgan fingerprint density at radius 2 is 1.82 bits per heavy atom. The van der Waals surface area contributed by atoms with Gasteiger partial charge in [0.05, 0.1) is 0 Å². The fraction of sp³-hybridized carbons (Fsp3) is 0.867. The van der Waals surface area contributed by atoms with E-state index in [-0.39, 0.29) is 6.04 Å². The largest absolute Gasteiger partial charge is 0.347 e. The Kier molecular flexibility index (Phi) is 6.60. The van der Waals surface area contributed by atoms with E-state index in [1.165, 1.54) is 0 Å². The smallest absolute Gasteiger partial charge is 0.311 e. The monoisotopic (exact) mass is 311 g/mol. The van der Waals surface area contributed by atoms with Crippen molar-refractivity contribution in [3.63, 3.8) is 0 Å². The second-order valence-electron chi connectivity index (χ2n) is 6.30. The maximum Gasteiger partial charge on any atom is 0.311 e. The minimum Gasteiger partial charge on any atom is -0.347 e. The molecule has 0 aromatic carbocycles. The summed E-state index contributed by atoms with van der Waals surface area (Å²) in [7, 11) is 3.83. The fourth-order valence-electron chi connectivity index (χ4n) is 3.05. The highest BCUT2D eigenvalue weighted by Gasteiger charge is 2.27. The number of hydrogen-bond acceptors (Lipinski definition) is 5. The van der Waals surface area contributed by atoms with E-state index in [1.807, 2.05) is 0 Å². The zero-order valence-corrected chi connectivity index (χ0v) is 13.8. The van der Waals surface area contributed by atoms with Crippen LogP contribution in [0.15, 0.2) is 0 Å². The van der Waals surface area contributed by atoms with Gasteiger partial charge in [-0.05, 0) is 33.0 Å². The third-order valence-electron chi connectivity index (χ3n) is 4.67. The summed E-state index contributed by atoms with van der Waals surface area (Å²) in [5, 5.41) is 6.05. The lowest BCUT2D eigenvalue weighted by molar-refractivity contribution is -0.146. The third-order valence-corrected chi connectivity index (χ3v) is 4.67. The molecule has 2 saturated heterocycles. The van der Waals surface area contributed by atoms with Gasteiger partial charge in [-0.3, -0.25) is 14.5 Å². The lowest BCUT2D eigenvalue weighted by atomic mass is 10.0. The van der Waals surface area contributed by atoms with Crippen LogP contribution in [0.1, 0.15) is 12.8 Å². The molecule has 22 heavy (non-hydrogen) atoms. The molecule has 0 spiro atoms. The van der Waals surface area contributed by atoms with Crippen molar-refractivity contribution < 1.29 is 9.59 Å². The predicted molar refractivity (Wildman–Crippen MR) is 85.6 cm³/mol. The molecule has 126 valence electrons. The molecule has 2 fully saturated rings. The Balaban J connectivity index is 1.68. The topological polar surface area (TPSA) is 67.9 Å². The van der Waals surface area contributed by atoms with E-state index in [2.05, 4.69) is 27.5 Å². The molecule has 2 rings (SSSR count). The van der Waals surface area contributed by atoms with E-state index < -0.39 is 11.8 Å². The number of nitrogens with zero attached hydrogens (tertiary/aromatic N) is 3. The van der Waals surface area contributed by atoms with Gasteiger partial charge in [0.25, 0.3) is 0 Å². The van der Waals surface area contributed by atoms with Gasteiger partial charge < -0.3 is 20.4 Å². The average Bonchev–Trinajstić information content (AvgIpc) is 2.55. The summed E-state index contributed by atoms with van der Waals surface area (Å²) in [5.74, 6) is -0.883. The molecule has 2 heterocycles. The van der Waals surface area contributed by atoms with Crippen LogP contribution in [0.4, 0.5) is 0 Å². The normalized spacial score (nSPS) is 21.5. The minimum absolute atomic E-state index is 0.183. The van der Waals surface area contributed by atoms with Crippen LogP contribution in [-0.2, 0) is 9.59 Å². The lowest BCUT2D eigenvalue weighted by Crippen LogP contribution is -2.51. The number of amides is 2. The first-order valence-corrected chi connectivity index (χ1v) is 8.24. The van der Waals surface area contributed by atoms with Crippen molar-refractivity contribution in [1.82, 2.24) is 25.3 Å². The Bertz CT molecular complexity index is 376. The Morgan fingerprint density at radius 3 is 2.45 bits per heavy atom. The number of hydrogen-bond donors (Lipinski definition) is 2. The molecule has 0 aromatic heterocycles. The number of nitrogens with one attached hydrogen (secondary N) is 2. The summed E-state index contributed by atoms with van der Waals surface area (Å²) in [6, 6.07) is 0.183. The molecular formula is C15H29N5O2. The molecule has 2 amide bonds. The third kappa shape index (κ3) is 4.93. The van der Waals surface area contributed by atoms with Crippen LogP contribution < -0.4 is 10.6 Å². The number of likely N-dealkylation sites (tertiary alicyclic amines) is 1. The van der Waals surface area contributed by atoms with Crippen molar-refractivity contribution in [3.05, 3.63) is 0 Å². The highest BCUT2D eigenvalue weighted by molar-refractivity contribution is 6.35. The van der Waals surface area contributed by atoms with Gasteiger partial charge >= 0.3 is 11.8 Å². The van der Waals surface area contributed by atoms with Crippen LogP contribution in [0.3, 0.4) is 0 Å². The van der Waals surface area contributed by atoms with E-state index in [0.29, 0.717) is 6.54 Å². The molecule has 0 radical (unpaired) electrons. The van der Waals surface area contributed by atoms with Crippen molar-refractivity contribution in [1.29, 1.82) is 0 Å². The Labute approximate surface area is 133 Å². The van der Waals surface area contributed by atoms with Crippen LogP contribution in [0.5, 0.6) is 0 Å². The Hall–Kier alpha value is -1.18. The van der Waals surface area contributed by atoms with Gasteiger partial charge in [-0.2, -0.15) is 0 Å². The first kappa shape index (κ1) is 17.2. The van der Waals surface area contributed by atoms with Crippen LogP contribution in [0.25, 0.3) is 0 Å². The van der Waals surface area contributed by atoms with Gasteiger partial charge in [0, 0.05) is 52.4 Å². The van der Waals surface area contributed by atoms with Gasteiger partial charge in [-0.25, -0.2) is 0 Å². The van der Waals surface area contributed by atoms with Crippen molar-refractivity contribution in [3.8, 4) is 0 Å². The molecule has 2 aliphatic rings. The number of likely N-dealkylation sites (N-methyl/N-ethyl adjacent to an activating group) is 1. The molecule has 0 saturated carbocycles. The molecule has 0 aliphatic carbocycles. The van der Waals surface area contributed by atoms with Crippen molar-refractivity contribution in [2.75, 3.05) is 66.5 Å². The number of carbonyl (C=O) groups is 2. The van der Waals surface area contributed by atoms with E-state index in [9.17, 15) is 9.59 Å². The second kappa shape index (κ2) is 8.45. The van der Waals surface area contributed by atoms with Gasteiger partial charge in [-0.15, -0.1) is 0 Å². The van der Waals surface area contributed by atoms with Gasteiger partial charge in [0.15, 0.2) is 0 Å². The molecular weight excluding hydrogens is 282 g/mol. The summed E-state index contributed by atoms with van der Waals surface area (Å²) >= 11 is 0. The predicted octanol–water partition coefficient (Wildman–Crippen LogP) is -1.44. The zero-order chi connectivity index (χ0) is 15.9. The maximum atomic E-state index is 12.2. The minimum atomic E-state index is -0.475. The van der Waals surface area contributed by atoms with Crippen LogP contribution in [0, 0.1) is 0 Å². The van der Waals surface area contributed by atoms with Crippen molar-refractivity contribution >= 4 is 11.8 Å². The highest BCUT2D eigenvalue weighted by Crippen LogP contribution is 2.14. The molecule has 0 bridgehead atoms. The SMILES string of the molecule is CN1CCC(N(C)C(=O)C(=O)NCCN2CCNCC2)CC1. The van der Waals surface area contributed by atoms with Crippen molar-refractivity contribution in [2.45, 2.75) is 18.9 Å². The quantitative estimate of drug-likeness (QED) is 0.623. The van der Waals surface area contributed by atoms with E-state index >= 15 is 0 Å². The van der Waals surface area contributed by atoms with Gasteiger partial charge in [-0.1, -0.05) is 0 Å². The van der Waals surface area contributed by atoms with Crippen molar-refractivity contribution in [2.24, 2.45) is 0 Å². The van der Waals surface area contributed by atoms with Crippen LogP contribution >= 0.6 is 0 Å². The molecule has 2 aliphatic heterocycles. The first-order valence-electron chi connectivity index (χ1n) is 8.24. The number of piperazine rings is 1. The summed E-state index contributed by atoms with van der Waals surface area (Å²) in [4.78, 5) is 30.3. The maximum absolute atomic E-state index is 12.2. The van der Waals surface area contributed by atoms with Crippen LogP contribution in [0.2, 0.25) is 0 Å². The van der Waals surface area contributed by atoms with E-state index in [4.69, 9.17) is 0 Å². The highest BCUT2D eigenvalue weighted by atomic mass is 16.2. The first-order chi connectivity index (χ1) is 10.6.